The highest BCUT2D eigenvalue weighted by Crippen LogP contribution is 2.34. The Morgan fingerprint density at radius 2 is 2.42 bits per heavy atom. The molecule has 1 aliphatic heterocycles. The minimum atomic E-state index is -0.263. The molecule has 122 valence electrons. The van der Waals surface area contributed by atoms with Gasteiger partial charge in [-0.2, -0.15) is 0 Å². The van der Waals surface area contributed by atoms with Crippen LogP contribution in [-0.4, -0.2) is 37.5 Å². The van der Waals surface area contributed by atoms with Crippen molar-refractivity contribution in [1.29, 1.82) is 0 Å². The van der Waals surface area contributed by atoms with Gasteiger partial charge in [0.2, 0.25) is 0 Å². The molecule has 3 aromatic rings. The molecule has 7 heteroatoms. The van der Waals surface area contributed by atoms with Gasteiger partial charge in [0.1, 0.15) is 17.9 Å². The summed E-state index contributed by atoms with van der Waals surface area (Å²) in [5.74, 6) is -0.0874. The van der Waals surface area contributed by atoms with Gasteiger partial charge in [-0.15, -0.1) is 0 Å². The van der Waals surface area contributed by atoms with E-state index in [9.17, 15) is 4.79 Å². The SMILES string of the molecule is CCc1nocc1C(=O)N1CCc2[nH]cnc2C1c1cccnc1. The summed E-state index contributed by atoms with van der Waals surface area (Å²) in [6.07, 6.45) is 8.00. The zero-order valence-corrected chi connectivity index (χ0v) is 13.3. The van der Waals surface area contributed by atoms with E-state index in [-0.39, 0.29) is 11.9 Å². The number of rotatable bonds is 3. The van der Waals surface area contributed by atoms with Gasteiger partial charge in [-0.25, -0.2) is 4.98 Å². The molecule has 4 heterocycles. The number of imidazole rings is 1. The Morgan fingerprint density at radius 3 is 3.21 bits per heavy atom. The number of H-pyrrole nitrogens is 1. The van der Waals surface area contributed by atoms with E-state index < -0.39 is 0 Å². The average Bonchev–Trinajstić information content (AvgIpc) is 3.29. The van der Waals surface area contributed by atoms with Crippen molar-refractivity contribution < 1.29 is 9.32 Å². The van der Waals surface area contributed by atoms with Gasteiger partial charge in [0.05, 0.1) is 17.7 Å². The number of carbonyl (C=O) groups is 1. The topological polar surface area (TPSA) is 87.9 Å². The van der Waals surface area contributed by atoms with E-state index >= 15 is 0 Å². The second-order valence-electron chi connectivity index (χ2n) is 5.73. The van der Waals surface area contributed by atoms with E-state index in [4.69, 9.17) is 4.52 Å². The van der Waals surface area contributed by atoms with Crippen molar-refractivity contribution in [1.82, 2.24) is 25.0 Å². The third-order valence-electron chi connectivity index (χ3n) is 4.40. The van der Waals surface area contributed by atoms with Crippen molar-refractivity contribution in [2.75, 3.05) is 6.54 Å². The van der Waals surface area contributed by atoms with Crippen LogP contribution in [0.15, 0.2) is 41.6 Å². The first kappa shape index (κ1) is 14.6. The van der Waals surface area contributed by atoms with Gasteiger partial charge in [-0.1, -0.05) is 18.1 Å². The van der Waals surface area contributed by atoms with Gasteiger partial charge in [0.15, 0.2) is 0 Å². The lowest BCUT2D eigenvalue weighted by atomic mass is 9.96. The van der Waals surface area contributed by atoms with Crippen molar-refractivity contribution in [2.45, 2.75) is 25.8 Å². The van der Waals surface area contributed by atoms with E-state index in [0.717, 1.165) is 23.4 Å². The van der Waals surface area contributed by atoms with Crippen LogP contribution in [0.25, 0.3) is 0 Å². The van der Waals surface area contributed by atoms with Crippen LogP contribution in [0.5, 0.6) is 0 Å². The van der Waals surface area contributed by atoms with Crippen molar-refractivity contribution >= 4 is 5.91 Å². The van der Waals surface area contributed by atoms with Crippen LogP contribution < -0.4 is 0 Å². The Labute approximate surface area is 138 Å². The summed E-state index contributed by atoms with van der Waals surface area (Å²) in [5, 5.41) is 3.93. The smallest absolute Gasteiger partial charge is 0.259 e. The molecule has 1 unspecified atom stereocenters. The molecule has 0 fully saturated rings. The van der Waals surface area contributed by atoms with E-state index in [2.05, 4.69) is 20.1 Å². The van der Waals surface area contributed by atoms with E-state index in [1.165, 1.54) is 6.26 Å². The molecular weight excluding hydrogens is 306 g/mol. The predicted octanol–water partition coefficient (Wildman–Crippen LogP) is 2.14. The second-order valence-corrected chi connectivity index (χ2v) is 5.73. The van der Waals surface area contributed by atoms with Crippen LogP contribution >= 0.6 is 0 Å². The lowest BCUT2D eigenvalue weighted by Gasteiger charge is -2.35. The number of nitrogens with one attached hydrogen (secondary N) is 1. The number of aromatic nitrogens is 4. The zero-order chi connectivity index (χ0) is 16.5. The molecular formula is C17H17N5O2. The predicted molar refractivity (Wildman–Crippen MR) is 85.3 cm³/mol. The fourth-order valence-electron chi connectivity index (χ4n) is 3.21. The van der Waals surface area contributed by atoms with Gasteiger partial charge in [-0.3, -0.25) is 9.78 Å². The molecule has 1 atom stereocenters. The van der Waals surface area contributed by atoms with Gasteiger partial charge in [-0.05, 0) is 18.1 Å². The Bertz CT molecular complexity index is 855. The normalized spacial score (nSPS) is 16.9. The molecule has 1 amide bonds. The molecule has 4 rings (SSSR count). The molecule has 1 aliphatic rings. The summed E-state index contributed by atoms with van der Waals surface area (Å²) in [4.78, 5) is 26.8. The highest BCUT2D eigenvalue weighted by atomic mass is 16.5. The molecule has 1 N–H and O–H groups in total. The van der Waals surface area contributed by atoms with Crippen molar-refractivity contribution in [3.8, 4) is 0 Å². The zero-order valence-electron chi connectivity index (χ0n) is 13.3. The standard InChI is InChI=1S/C17H17N5O2/c1-2-13-12(9-24-21-13)17(23)22-7-5-14-15(20-10-19-14)16(22)11-4-3-6-18-8-11/h3-4,6,8-10,16H,2,5,7H2,1H3,(H,19,20). The monoisotopic (exact) mass is 323 g/mol. The van der Waals surface area contributed by atoms with Crippen molar-refractivity contribution in [2.24, 2.45) is 0 Å². The third kappa shape index (κ3) is 2.29. The molecule has 7 nitrogen and oxygen atoms in total. The minimum Gasteiger partial charge on any atom is -0.364 e. The maximum Gasteiger partial charge on any atom is 0.259 e. The highest BCUT2D eigenvalue weighted by Gasteiger charge is 2.35. The summed E-state index contributed by atoms with van der Waals surface area (Å²) in [6.45, 7) is 2.55. The number of aromatic amines is 1. The summed E-state index contributed by atoms with van der Waals surface area (Å²) in [7, 11) is 0. The lowest BCUT2D eigenvalue weighted by Crippen LogP contribution is -2.41. The van der Waals surface area contributed by atoms with Gasteiger partial charge < -0.3 is 14.4 Å². The molecule has 0 spiro atoms. The Hall–Kier alpha value is -2.96. The van der Waals surface area contributed by atoms with Gasteiger partial charge >= 0.3 is 0 Å². The number of hydrogen-bond donors (Lipinski definition) is 1. The van der Waals surface area contributed by atoms with Crippen LogP contribution in [-0.2, 0) is 12.8 Å². The van der Waals surface area contributed by atoms with E-state index in [1.54, 1.807) is 18.7 Å². The minimum absolute atomic E-state index is 0.0874. The van der Waals surface area contributed by atoms with E-state index in [0.29, 0.717) is 24.2 Å². The lowest BCUT2D eigenvalue weighted by molar-refractivity contribution is 0.0688. The van der Waals surface area contributed by atoms with Crippen molar-refractivity contribution in [3.05, 3.63) is 65.3 Å². The number of amides is 1. The summed E-state index contributed by atoms with van der Waals surface area (Å²) < 4.78 is 5.01. The first-order valence-electron chi connectivity index (χ1n) is 7.96. The van der Waals surface area contributed by atoms with Crippen LogP contribution in [0, 0.1) is 0 Å². The number of hydrogen-bond acceptors (Lipinski definition) is 5. The Morgan fingerprint density at radius 1 is 1.50 bits per heavy atom. The number of pyridine rings is 1. The van der Waals surface area contributed by atoms with Crippen LogP contribution in [0.2, 0.25) is 0 Å². The Balaban J connectivity index is 1.78. The molecule has 0 saturated carbocycles. The fraction of sp³-hybridized carbons (Fsp3) is 0.294. The summed E-state index contributed by atoms with van der Waals surface area (Å²) >= 11 is 0. The van der Waals surface area contributed by atoms with Gasteiger partial charge in [0, 0.05) is 31.1 Å². The highest BCUT2D eigenvalue weighted by molar-refractivity contribution is 5.95. The third-order valence-corrected chi connectivity index (χ3v) is 4.40. The quantitative estimate of drug-likeness (QED) is 0.798. The molecule has 24 heavy (non-hydrogen) atoms. The fourth-order valence-corrected chi connectivity index (χ4v) is 3.21. The molecule has 0 aromatic carbocycles. The largest absolute Gasteiger partial charge is 0.364 e. The maximum atomic E-state index is 13.1. The van der Waals surface area contributed by atoms with E-state index in [1.807, 2.05) is 24.0 Å². The Kier molecular flexibility index (Phi) is 3.60. The van der Waals surface area contributed by atoms with Crippen LogP contribution in [0.4, 0.5) is 0 Å². The van der Waals surface area contributed by atoms with Crippen molar-refractivity contribution in [3.63, 3.8) is 0 Å². The van der Waals surface area contributed by atoms with Gasteiger partial charge in [0.25, 0.3) is 5.91 Å². The van der Waals surface area contributed by atoms with Crippen LogP contribution in [0.3, 0.4) is 0 Å². The molecule has 0 aliphatic carbocycles. The molecule has 0 radical (unpaired) electrons. The maximum absolute atomic E-state index is 13.1. The first-order chi connectivity index (χ1) is 11.8. The number of carbonyl (C=O) groups excluding carboxylic acids is 1. The number of nitrogens with zero attached hydrogens (tertiary/aromatic N) is 4. The number of aryl methyl sites for hydroxylation is 1. The summed E-state index contributed by atoms with van der Waals surface area (Å²) in [5.41, 5.74) is 4.07. The molecule has 0 saturated heterocycles. The average molecular weight is 323 g/mol. The van der Waals surface area contributed by atoms with Crippen LogP contribution in [0.1, 0.15) is 46.0 Å². The first-order valence-corrected chi connectivity index (χ1v) is 7.96. The second kappa shape index (κ2) is 5.92. The molecule has 3 aromatic heterocycles. The summed E-state index contributed by atoms with van der Waals surface area (Å²) in [6, 6.07) is 3.58. The number of fused-ring (bicyclic) bond motifs is 1. The molecule has 0 bridgehead atoms.